The van der Waals surface area contributed by atoms with Crippen molar-refractivity contribution in [2.24, 2.45) is 0 Å². The molecule has 4 rings (SSSR count). The lowest BCUT2D eigenvalue weighted by Gasteiger charge is -2.34. The molecule has 1 saturated heterocycles. The maximum absolute atomic E-state index is 12.2. The number of carbonyl (C=O) groups is 2. The summed E-state index contributed by atoms with van der Waals surface area (Å²) < 4.78 is 0. The quantitative estimate of drug-likeness (QED) is 0.280. The fourth-order valence-electron chi connectivity index (χ4n) is 4.56. The smallest absolute Gasteiger partial charge is 0.348 e. The fraction of sp³-hybridized carbons (Fsp3) is 0.423. The van der Waals surface area contributed by atoms with E-state index in [1.807, 2.05) is 36.4 Å². The van der Waals surface area contributed by atoms with Crippen LogP contribution in [0.1, 0.15) is 47.0 Å². The number of hydrogen-bond acceptors (Lipinski definition) is 8. The van der Waals surface area contributed by atoms with Gasteiger partial charge in [0.05, 0.1) is 5.69 Å². The molecule has 3 aromatic rings. The molecule has 6 N–H and O–H groups in total. The molecular weight excluding hydrogens is 478 g/mol. The van der Waals surface area contributed by atoms with Gasteiger partial charge in [0.15, 0.2) is 0 Å². The number of amides is 1. The van der Waals surface area contributed by atoms with Crippen LogP contribution in [-0.2, 0) is 17.8 Å². The van der Waals surface area contributed by atoms with E-state index in [0.717, 1.165) is 72.4 Å². The minimum Gasteiger partial charge on any atom is -0.477 e. The Bertz CT molecular complexity index is 1210. The van der Waals surface area contributed by atoms with Crippen LogP contribution in [-0.4, -0.2) is 58.9 Å². The Morgan fingerprint density at radius 1 is 1.25 bits per heavy atom. The van der Waals surface area contributed by atoms with Gasteiger partial charge in [-0.15, -0.1) is 11.3 Å². The van der Waals surface area contributed by atoms with Gasteiger partial charge in [0, 0.05) is 37.6 Å². The van der Waals surface area contributed by atoms with Gasteiger partial charge < -0.3 is 31.5 Å². The lowest BCUT2D eigenvalue weighted by atomic mass is 10.0. The molecule has 10 heteroatoms. The molecule has 0 spiro atoms. The van der Waals surface area contributed by atoms with Crippen LogP contribution in [0.2, 0.25) is 0 Å². The minimum atomic E-state index is -1.11. The Hall–Kier alpha value is -3.21. The van der Waals surface area contributed by atoms with Gasteiger partial charge in [0.25, 0.3) is 0 Å². The van der Waals surface area contributed by atoms with E-state index in [2.05, 4.69) is 22.5 Å². The number of thiophene rings is 1. The van der Waals surface area contributed by atoms with Crippen molar-refractivity contribution in [3.63, 3.8) is 0 Å². The van der Waals surface area contributed by atoms with E-state index in [4.69, 9.17) is 10.7 Å². The first-order chi connectivity index (χ1) is 17.4. The number of pyridine rings is 1. The molecule has 36 heavy (non-hydrogen) atoms. The van der Waals surface area contributed by atoms with Crippen LogP contribution in [0, 0.1) is 0 Å². The molecule has 1 unspecified atom stereocenters. The summed E-state index contributed by atoms with van der Waals surface area (Å²) >= 11 is 1.13. The molecule has 0 radical (unpaired) electrons. The molecule has 1 aliphatic rings. The van der Waals surface area contributed by atoms with Gasteiger partial charge in [-0.05, 0) is 36.5 Å². The third-order valence-corrected chi connectivity index (χ3v) is 7.60. The summed E-state index contributed by atoms with van der Waals surface area (Å²) in [4.78, 5) is 31.6. The molecular formula is C26H33N5O4S. The second-order valence-electron chi connectivity index (χ2n) is 9.11. The molecule has 1 atom stereocenters. The second kappa shape index (κ2) is 11.7. The summed E-state index contributed by atoms with van der Waals surface area (Å²) in [6.45, 7) is 4.20. The highest BCUT2D eigenvalue weighted by Crippen LogP contribution is 2.37. The zero-order chi connectivity index (χ0) is 25.7. The summed E-state index contributed by atoms with van der Waals surface area (Å²) in [6.07, 6.45) is 2.29. The molecule has 1 amide bonds. The van der Waals surface area contributed by atoms with Crippen molar-refractivity contribution in [3.8, 4) is 0 Å². The lowest BCUT2D eigenvalue weighted by molar-refractivity contribution is -0.129. The maximum atomic E-state index is 12.2. The number of aryl methyl sites for hydroxylation is 1. The third kappa shape index (κ3) is 5.95. The average molecular weight is 512 g/mol. The zero-order valence-corrected chi connectivity index (χ0v) is 21.2. The lowest BCUT2D eigenvalue weighted by Crippen LogP contribution is -2.47. The Balaban J connectivity index is 1.32. The van der Waals surface area contributed by atoms with Crippen molar-refractivity contribution < 1.29 is 19.8 Å². The van der Waals surface area contributed by atoms with Crippen molar-refractivity contribution >= 4 is 44.9 Å². The molecule has 3 heterocycles. The third-order valence-electron chi connectivity index (χ3n) is 6.51. The molecule has 1 fully saturated rings. The molecule has 2 aromatic heterocycles. The summed E-state index contributed by atoms with van der Waals surface area (Å²) in [5.74, 6) is -0.578. The summed E-state index contributed by atoms with van der Waals surface area (Å²) in [5.41, 5.74) is 8.48. The van der Waals surface area contributed by atoms with Crippen LogP contribution in [0.15, 0.2) is 36.4 Å². The Morgan fingerprint density at radius 3 is 2.64 bits per heavy atom. The number of aliphatic hydroxyl groups is 1. The number of carbonyl (C=O) groups excluding carboxylic acids is 1. The van der Waals surface area contributed by atoms with Crippen molar-refractivity contribution in [3.05, 3.63) is 52.4 Å². The van der Waals surface area contributed by atoms with Crippen molar-refractivity contribution in [1.29, 1.82) is 0 Å². The molecule has 9 nitrogen and oxygen atoms in total. The largest absolute Gasteiger partial charge is 0.477 e. The van der Waals surface area contributed by atoms with E-state index >= 15 is 0 Å². The van der Waals surface area contributed by atoms with Crippen LogP contribution in [0.4, 0.5) is 11.5 Å². The predicted octanol–water partition coefficient (Wildman–Crippen LogP) is 2.76. The number of aromatic carboxylic acids is 1. The van der Waals surface area contributed by atoms with Gasteiger partial charge in [0.1, 0.15) is 21.6 Å². The number of rotatable bonds is 10. The van der Waals surface area contributed by atoms with E-state index in [1.54, 1.807) is 0 Å². The monoisotopic (exact) mass is 511 g/mol. The zero-order valence-electron chi connectivity index (χ0n) is 20.4. The number of carboxylic acids is 1. The van der Waals surface area contributed by atoms with Gasteiger partial charge >= 0.3 is 5.97 Å². The fourth-order valence-corrected chi connectivity index (χ4v) is 5.53. The van der Waals surface area contributed by atoms with Crippen LogP contribution < -0.4 is 21.3 Å². The van der Waals surface area contributed by atoms with Gasteiger partial charge in [-0.1, -0.05) is 43.7 Å². The molecule has 192 valence electrons. The number of fused-ring (bicyclic) bond motifs is 1. The minimum absolute atomic E-state index is 0.140. The highest BCUT2D eigenvalue weighted by atomic mass is 32.1. The topological polar surface area (TPSA) is 141 Å². The number of carboxylic acid groups (broad SMARTS) is 1. The first-order valence-corrected chi connectivity index (χ1v) is 13.1. The maximum Gasteiger partial charge on any atom is 0.348 e. The number of benzene rings is 1. The number of aromatic nitrogens is 1. The van der Waals surface area contributed by atoms with Gasteiger partial charge in [-0.2, -0.15) is 0 Å². The average Bonchev–Trinajstić information content (AvgIpc) is 3.23. The molecule has 0 saturated carbocycles. The van der Waals surface area contributed by atoms with Crippen LogP contribution in [0.5, 0.6) is 0 Å². The number of piperidine rings is 1. The Morgan fingerprint density at radius 2 is 1.97 bits per heavy atom. The van der Waals surface area contributed by atoms with E-state index in [-0.39, 0.29) is 23.4 Å². The molecule has 0 bridgehead atoms. The first-order valence-electron chi connectivity index (χ1n) is 12.3. The number of nitrogen functional groups attached to an aromatic ring is 1. The van der Waals surface area contributed by atoms with Crippen LogP contribution >= 0.6 is 11.3 Å². The van der Waals surface area contributed by atoms with Gasteiger partial charge in [-0.25, -0.2) is 9.78 Å². The SMILES string of the molecule is CCCc1cc(N2CCC(NCC(O)C(=O)NCc3ccccc3)CC2)nc2sc(C(=O)O)c(N)c12. The highest BCUT2D eigenvalue weighted by Gasteiger charge is 2.25. The van der Waals surface area contributed by atoms with Crippen molar-refractivity contribution in [2.75, 3.05) is 30.3 Å². The molecule has 0 aliphatic carbocycles. The Labute approximate surface area is 214 Å². The molecule has 1 aromatic carbocycles. The van der Waals surface area contributed by atoms with E-state index in [1.165, 1.54) is 0 Å². The number of nitrogens with two attached hydrogens (primary N) is 1. The first kappa shape index (κ1) is 25.9. The van der Waals surface area contributed by atoms with Crippen LogP contribution in [0.25, 0.3) is 10.2 Å². The highest BCUT2D eigenvalue weighted by molar-refractivity contribution is 7.21. The summed E-state index contributed by atoms with van der Waals surface area (Å²) in [7, 11) is 0. The molecule has 1 aliphatic heterocycles. The number of anilines is 2. The Kier molecular flexibility index (Phi) is 8.40. The van der Waals surface area contributed by atoms with Crippen molar-refractivity contribution in [2.45, 2.75) is 51.3 Å². The second-order valence-corrected chi connectivity index (χ2v) is 10.1. The van der Waals surface area contributed by atoms with Crippen LogP contribution in [0.3, 0.4) is 0 Å². The number of aliphatic hydroxyl groups excluding tert-OH is 1. The van der Waals surface area contributed by atoms with E-state index in [9.17, 15) is 19.8 Å². The van der Waals surface area contributed by atoms with Crippen molar-refractivity contribution in [1.82, 2.24) is 15.6 Å². The summed E-state index contributed by atoms with van der Waals surface area (Å²) in [5, 5.41) is 26.6. The number of nitrogens with zero attached hydrogens (tertiary/aromatic N) is 2. The standard InChI is InChI=1S/C26H33N5O4S/c1-2-6-17-13-20(30-25-21(17)22(27)23(36-25)26(34)35)31-11-9-18(10-12-31)28-15-19(32)24(33)29-14-16-7-4-3-5-8-16/h3-5,7-8,13,18-19,28,32H,2,6,9-12,14-15,27H2,1H3,(H,29,33)(H,34,35). The van der Waals surface area contributed by atoms with Gasteiger partial charge in [0.2, 0.25) is 5.91 Å². The van der Waals surface area contributed by atoms with Gasteiger partial charge in [-0.3, -0.25) is 4.79 Å². The predicted molar refractivity (Wildman–Crippen MR) is 143 cm³/mol. The van der Waals surface area contributed by atoms with E-state index in [0.29, 0.717) is 17.1 Å². The summed E-state index contributed by atoms with van der Waals surface area (Å²) in [6, 6.07) is 11.8. The van der Waals surface area contributed by atoms with E-state index < -0.39 is 12.1 Å². The number of nitrogens with one attached hydrogen (secondary N) is 2. The number of hydrogen-bond donors (Lipinski definition) is 5. The normalized spacial score (nSPS) is 15.2.